The van der Waals surface area contributed by atoms with Crippen molar-refractivity contribution >= 4 is 11.5 Å². The van der Waals surface area contributed by atoms with Crippen LogP contribution in [0.1, 0.15) is 11.1 Å². The third kappa shape index (κ3) is 3.65. The molecule has 0 atom stereocenters. The largest absolute Gasteiger partial charge is 0.409 e. The number of anilines is 1. The lowest BCUT2D eigenvalue weighted by Crippen LogP contribution is -2.17. The Balaban J connectivity index is 2.23. The SMILES string of the molecule is NC(=NO)c1cc(F)ccc1CNc1cc(F)cc(F)c1. The molecule has 2 rings (SSSR count). The maximum absolute atomic E-state index is 13.2. The summed E-state index contributed by atoms with van der Waals surface area (Å²) in [7, 11) is 0. The molecule has 0 aliphatic carbocycles. The molecule has 0 fully saturated rings. The summed E-state index contributed by atoms with van der Waals surface area (Å²) in [5.74, 6) is -2.23. The van der Waals surface area contributed by atoms with Crippen LogP contribution in [0.3, 0.4) is 0 Å². The lowest BCUT2D eigenvalue weighted by Gasteiger charge is -2.11. The third-order valence-electron chi connectivity index (χ3n) is 2.80. The van der Waals surface area contributed by atoms with E-state index < -0.39 is 17.5 Å². The number of nitrogens with two attached hydrogens (primary N) is 1. The van der Waals surface area contributed by atoms with Gasteiger partial charge in [-0.3, -0.25) is 0 Å². The maximum atomic E-state index is 13.2. The van der Waals surface area contributed by atoms with E-state index in [0.29, 0.717) is 5.56 Å². The van der Waals surface area contributed by atoms with Crippen LogP contribution in [0.5, 0.6) is 0 Å². The van der Waals surface area contributed by atoms with Crippen molar-refractivity contribution in [3.8, 4) is 0 Å². The summed E-state index contributed by atoms with van der Waals surface area (Å²) in [4.78, 5) is 0. The molecule has 0 aliphatic rings. The van der Waals surface area contributed by atoms with E-state index >= 15 is 0 Å². The van der Waals surface area contributed by atoms with Gasteiger partial charge in [-0.15, -0.1) is 0 Å². The van der Waals surface area contributed by atoms with Gasteiger partial charge in [0.05, 0.1) is 0 Å². The van der Waals surface area contributed by atoms with E-state index in [0.717, 1.165) is 24.3 Å². The maximum Gasteiger partial charge on any atom is 0.170 e. The number of nitrogens with one attached hydrogen (secondary N) is 1. The lowest BCUT2D eigenvalue weighted by molar-refractivity contribution is 0.318. The van der Waals surface area contributed by atoms with Gasteiger partial charge in [-0.25, -0.2) is 13.2 Å². The second kappa shape index (κ2) is 6.17. The molecule has 0 bridgehead atoms. The Morgan fingerprint density at radius 3 is 2.33 bits per heavy atom. The van der Waals surface area contributed by atoms with Crippen LogP contribution in [0.25, 0.3) is 0 Å². The van der Waals surface area contributed by atoms with E-state index in [2.05, 4.69) is 10.5 Å². The monoisotopic (exact) mass is 295 g/mol. The fraction of sp³-hybridized carbons (Fsp3) is 0.0714. The summed E-state index contributed by atoms with van der Waals surface area (Å²) in [6.45, 7) is 0.120. The van der Waals surface area contributed by atoms with Gasteiger partial charge >= 0.3 is 0 Å². The Kier molecular flexibility index (Phi) is 4.32. The van der Waals surface area contributed by atoms with E-state index in [4.69, 9.17) is 10.9 Å². The normalized spacial score (nSPS) is 11.5. The molecule has 0 aliphatic heterocycles. The zero-order valence-electron chi connectivity index (χ0n) is 10.8. The van der Waals surface area contributed by atoms with Gasteiger partial charge in [0.25, 0.3) is 0 Å². The lowest BCUT2D eigenvalue weighted by atomic mass is 10.1. The highest BCUT2D eigenvalue weighted by molar-refractivity contribution is 5.98. The predicted octanol–water partition coefficient (Wildman–Crippen LogP) is 2.81. The molecule has 4 N–H and O–H groups in total. The van der Waals surface area contributed by atoms with Gasteiger partial charge in [-0.05, 0) is 29.8 Å². The molecule has 110 valence electrons. The van der Waals surface area contributed by atoms with Crippen LogP contribution in [-0.2, 0) is 6.54 Å². The summed E-state index contributed by atoms with van der Waals surface area (Å²) in [5, 5.41) is 14.3. The van der Waals surface area contributed by atoms with Crippen LogP contribution >= 0.6 is 0 Å². The molecular weight excluding hydrogens is 283 g/mol. The molecule has 0 saturated carbocycles. The van der Waals surface area contributed by atoms with Gasteiger partial charge in [0.15, 0.2) is 5.84 Å². The number of nitrogens with zero attached hydrogens (tertiary/aromatic N) is 1. The first-order chi connectivity index (χ1) is 9.99. The first kappa shape index (κ1) is 14.7. The van der Waals surface area contributed by atoms with Gasteiger partial charge in [0.2, 0.25) is 0 Å². The van der Waals surface area contributed by atoms with Crippen LogP contribution in [0.4, 0.5) is 18.9 Å². The summed E-state index contributed by atoms with van der Waals surface area (Å²) in [6.07, 6.45) is 0. The number of halogens is 3. The number of oxime groups is 1. The molecule has 2 aromatic carbocycles. The molecule has 0 spiro atoms. The van der Waals surface area contributed by atoms with E-state index in [1.165, 1.54) is 12.1 Å². The van der Waals surface area contributed by atoms with E-state index in [1.807, 2.05) is 0 Å². The van der Waals surface area contributed by atoms with Crippen molar-refractivity contribution in [2.75, 3.05) is 5.32 Å². The molecule has 0 saturated heterocycles. The topological polar surface area (TPSA) is 70.6 Å². The molecule has 0 aromatic heterocycles. The minimum Gasteiger partial charge on any atom is -0.409 e. The number of benzene rings is 2. The molecule has 0 amide bonds. The molecule has 0 radical (unpaired) electrons. The van der Waals surface area contributed by atoms with Gasteiger partial charge in [0, 0.05) is 23.9 Å². The van der Waals surface area contributed by atoms with Crippen LogP contribution in [0, 0.1) is 17.5 Å². The molecule has 2 aromatic rings. The number of hydrogen-bond donors (Lipinski definition) is 3. The van der Waals surface area contributed by atoms with Crippen molar-refractivity contribution in [2.24, 2.45) is 10.9 Å². The summed E-state index contributed by atoms with van der Waals surface area (Å²) in [6, 6.07) is 6.75. The van der Waals surface area contributed by atoms with Crippen molar-refractivity contribution < 1.29 is 18.4 Å². The average Bonchev–Trinajstić information content (AvgIpc) is 2.44. The van der Waals surface area contributed by atoms with Crippen LogP contribution in [0.2, 0.25) is 0 Å². The zero-order valence-corrected chi connectivity index (χ0v) is 10.8. The van der Waals surface area contributed by atoms with E-state index in [1.54, 1.807) is 0 Å². The minimum atomic E-state index is -0.715. The quantitative estimate of drug-likeness (QED) is 0.351. The van der Waals surface area contributed by atoms with Crippen LogP contribution < -0.4 is 11.1 Å². The standard InChI is InChI=1S/C14H12F3N3O/c15-9-2-1-8(13(6-9)14(18)20-21)7-19-12-4-10(16)3-11(17)5-12/h1-6,19,21H,7H2,(H2,18,20). The Morgan fingerprint density at radius 1 is 1.05 bits per heavy atom. The fourth-order valence-electron chi connectivity index (χ4n) is 1.85. The van der Waals surface area contributed by atoms with Crippen molar-refractivity contribution in [2.45, 2.75) is 6.54 Å². The molecule has 4 nitrogen and oxygen atoms in total. The number of hydrogen-bond acceptors (Lipinski definition) is 3. The smallest absolute Gasteiger partial charge is 0.170 e. The van der Waals surface area contributed by atoms with Crippen molar-refractivity contribution in [1.29, 1.82) is 0 Å². The molecule has 21 heavy (non-hydrogen) atoms. The van der Waals surface area contributed by atoms with E-state index in [-0.39, 0.29) is 23.6 Å². The predicted molar refractivity (Wildman–Crippen MR) is 72.6 cm³/mol. The van der Waals surface area contributed by atoms with Crippen LogP contribution in [-0.4, -0.2) is 11.0 Å². The van der Waals surface area contributed by atoms with Gasteiger partial charge < -0.3 is 16.3 Å². The highest BCUT2D eigenvalue weighted by Gasteiger charge is 2.09. The van der Waals surface area contributed by atoms with Crippen molar-refractivity contribution in [3.05, 3.63) is 65.0 Å². The summed E-state index contributed by atoms with van der Waals surface area (Å²) in [5.41, 5.74) is 6.40. The highest BCUT2D eigenvalue weighted by Crippen LogP contribution is 2.16. The second-order valence-corrected chi connectivity index (χ2v) is 4.30. The molecular formula is C14H12F3N3O. The van der Waals surface area contributed by atoms with Crippen molar-refractivity contribution in [1.82, 2.24) is 0 Å². The van der Waals surface area contributed by atoms with Gasteiger partial charge in [-0.2, -0.15) is 0 Å². The van der Waals surface area contributed by atoms with Crippen molar-refractivity contribution in [3.63, 3.8) is 0 Å². The fourth-order valence-corrected chi connectivity index (χ4v) is 1.85. The Bertz CT molecular complexity index is 669. The minimum absolute atomic E-state index is 0.120. The molecule has 7 heteroatoms. The van der Waals surface area contributed by atoms with Gasteiger partial charge in [-0.1, -0.05) is 11.2 Å². The second-order valence-electron chi connectivity index (χ2n) is 4.30. The summed E-state index contributed by atoms with van der Waals surface area (Å²) >= 11 is 0. The Labute approximate surface area is 118 Å². The number of amidine groups is 1. The third-order valence-corrected chi connectivity index (χ3v) is 2.80. The molecule has 0 heterocycles. The summed E-state index contributed by atoms with van der Waals surface area (Å²) < 4.78 is 39.3. The molecule has 0 unspecified atom stereocenters. The Hall–Kier alpha value is -2.70. The average molecular weight is 295 g/mol. The number of rotatable bonds is 4. The van der Waals surface area contributed by atoms with E-state index in [9.17, 15) is 13.2 Å². The van der Waals surface area contributed by atoms with Crippen LogP contribution in [0.15, 0.2) is 41.6 Å². The Morgan fingerprint density at radius 2 is 1.71 bits per heavy atom. The first-order valence-corrected chi connectivity index (χ1v) is 5.96. The highest BCUT2D eigenvalue weighted by atomic mass is 19.1. The first-order valence-electron chi connectivity index (χ1n) is 5.96. The zero-order chi connectivity index (χ0) is 15.4. The van der Waals surface area contributed by atoms with Gasteiger partial charge in [0.1, 0.15) is 17.5 Å².